The van der Waals surface area contributed by atoms with Crippen molar-refractivity contribution in [2.45, 2.75) is 6.61 Å². The van der Waals surface area contributed by atoms with Gasteiger partial charge in [-0.15, -0.1) is 0 Å². The highest BCUT2D eigenvalue weighted by molar-refractivity contribution is 6.30. The minimum absolute atomic E-state index is 0.0548. The Morgan fingerprint density at radius 1 is 1.03 bits per heavy atom. The van der Waals surface area contributed by atoms with Gasteiger partial charge in [0.05, 0.1) is 11.1 Å². The number of ether oxygens (including phenoxy) is 2. The Morgan fingerprint density at radius 2 is 1.77 bits per heavy atom. The molecule has 1 N–H and O–H groups in total. The molecule has 0 saturated heterocycles. The van der Waals surface area contributed by atoms with Gasteiger partial charge in [-0.25, -0.2) is 5.43 Å². The second kappa shape index (κ2) is 10.7. The number of carbonyl (C=O) groups is 1. The van der Waals surface area contributed by atoms with E-state index in [1.807, 2.05) is 30.3 Å². The molecule has 0 radical (unpaired) electrons. The average Bonchev–Trinajstić information content (AvgIpc) is 2.78. The van der Waals surface area contributed by atoms with Crippen LogP contribution in [0, 0.1) is 10.1 Å². The summed E-state index contributed by atoms with van der Waals surface area (Å²) in [7, 11) is 0. The van der Waals surface area contributed by atoms with Crippen LogP contribution in [0.3, 0.4) is 0 Å². The van der Waals surface area contributed by atoms with Crippen molar-refractivity contribution in [2.75, 3.05) is 6.61 Å². The Balaban J connectivity index is 1.45. The number of nitrogens with zero attached hydrogens (tertiary/aromatic N) is 2. The molecule has 3 rings (SSSR count). The molecule has 0 aromatic heterocycles. The predicted octanol–water partition coefficient (Wildman–Crippen LogP) is 4.36. The number of rotatable bonds is 9. The Bertz CT molecular complexity index is 1070. The lowest BCUT2D eigenvalue weighted by Crippen LogP contribution is -2.24. The van der Waals surface area contributed by atoms with E-state index in [2.05, 4.69) is 10.5 Å². The normalized spacial score (nSPS) is 10.6. The topological polar surface area (TPSA) is 103 Å². The quantitative estimate of drug-likeness (QED) is 0.303. The van der Waals surface area contributed by atoms with E-state index in [9.17, 15) is 14.9 Å². The van der Waals surface area contributed by atoms with Crippen molar-refractivity contribution >= 4 is 29.4 Å². The molecule has 0 heterocycles. The minimum atomic E-state index is -0.511. The number of nitro groups is 1. The first-order valence-electron chi connectivity index (χ1n) is 9.16. The Hall–Kier alpha value is -3.91. The number of hydrazone groups is 1. The van der Waals surface area contributed by atoms with Crippen LogP contribution in [0.15, 0.2) is 77.9 Å². The molecule has 0 fully saturated rings. The van der Waals surface area contributed by atoms with Crippen LogP contribution in [-0.4, -0.2) is 23.7 Å². The van der Waals surface area contributed by atoms with Crippen LogP contribution in [0.1, 0.15) is 11.1 Å². The fourth-order valence-corrected chi connectivity index (χ4v) is 2.58. The predicted molar refractivity (Wildman–Crippen MR) is 117 cm³/mol. The summed E-state index contributed by atoms with van der Waals surface area (Å²) in [5, 5.41) is 15.2. The maximum atomic E-state index is 11.8. The minimum Gasteiger partial charge on any atom is -0.489 e. The fraction of sp³-hybridized carbons (Fsp3) is 0.0909. The molecular weight excluding hydrogens is 422 g/mol. The molecule has 158 valence electrons. The zero-order valence-electron chi connectivity index (χ0n) is 16.2. The van der Waals surface area contributed by atoms with E-state index in [-0.39, 0.29) is 12.3 Å². The molecule has 0 bridgehead atoms. The molecular formula is C22H18ClN3O5. The van der Waals surface area contributed by atoms with Gasteiger partial charge in [0.25, 0.3) is 11.6 Å². The summed E-state index contributed by atoms with van der Waals surface area (Å²) in [6, 6.07) is 20.1. The van der Waals surface area contributed by atoms with Crippen molar-refractivity contribution in [2.24, 2.45) is 5.10 Å². The molecule has 0 atom stereocenters. The number of nitro benzene ring substituents is 1. The molecule has 0 aliphatic carbocycles. The van der Waals surface area contributed by atoms with E-state index in [1.54, 1.807) is 18.2 Å². The Morgan fingerprint density at radius 3 is 2.48 bits per heavy atom. The van der Waals surface area contributed by atoms with Crippen LogP contribution in [0.25, 0.3) is 0 Å². The van der Waals surface area contributed by atoms with E-state index >= 15 is 0 Å². The first-order chi connectivity index (χ1) is 15.0. The Kier molecular flexibility index (Phi) is 7.56. The third-order valence-electron chi connectivity index (χ3n) is 4.00. The first-order valence-corrected chi connectivity index (χ1v) is 9.54. The maximum absolute atomic E-state index is 11.8. The van der Waals surface area contributed by atoms with E-state index in [1.165, 1.54) is 30.5 Å². The SMILES string of the molecule is O=C(COc1ccc([N+](=O)[O-])cc1)NN=Cc1cccc(OCc2ccc(Cl)cc2)c1. The van der Waals surface area contributed by atoms with Gasteiger partial charge in [-0.1, -0.05) is 35.9 Å². The van der Waals surface area contributed by atoms with Gasteiger partial charge in [0.1, 0.15) is 18.1 Å². The summed E-state index contributed by atoms with van der Waals surface area (Å²) in [6.45, 7) is 0.119. The van der Waals surface area contributed by atoms with Gasteiger partial charge >= 0.3 is 0 Å². The number of hydrogen-bond acceptors (Lipinski definition) is 6. The number of nitrogens with one attached hydrogen (secondary N) is 1. The zero-order chi connectivity index (χ0) is 22.1. The molecule has 3 aromatic carbocycles. The number of benzene rings is 3. The van der Waals surface area contributed by atoms with Crippen LogP contribution in [0.4, 0.5) is 5.69 Å². The molecule has 0 spiro atoms. The standard InChI is InChI=1S/C22H18ClN3O5/c23-18-6-4-16(5-7-18)14-30-21-3-1-2-17(12-21)13-24-25-22(27)15-31-20-10-8-19(9-11-20)26(28)29/h1-13H,14-15H2,(H,25,27). The number of hydrogen-bond donors (Lipinski definition) is 1. The van der Waals surface area contributed by atoms with Crippen molar-refractivity contribution < 1.29 is 19.2 Å². The first kappa shape index (κ1) is 21.8. The molecule has 0 saturated carbocycles. The summed E-state index contributed by atoms with van der Waals surface area (Å²) in [6.07, 6.45) is 1.49. The highest BCUT2D eigenvalue weighted by Crippen LogP contribution is 2.17. The highest BCUT2D eigenvalue weighted by atomic mass is 35.5. The number of amides is 1. The summed E-state index contributed by atoms with van der Waals surface area (Å²) in [5.41, 5.74) is 4.03. The second-order valence-electron chi connectivity index (χ2n) is 6.32. The summed E-state index contributed by atoms with van der Waals surface area (Å²) in [4.78, 5) is 21.9. The van der Waals surface area contributed by atoms with Crippen LogP contribution in [-0.2, 0) is 11.4 Å². The van der Waals surface area contributed by atoms with E-state index in [0.29, 0.717) is 23.1 Å². The average molecular weight is 440 g/mol. The van der Waals surface area contributed by atoms with Crippen molar-refractivity contribution in [3.8, 4) is 11.5 Å². The van der Waals surface area contributed by atoms with Gasteiger partial charge in [0, 0.05) is 17.2 Å². The van der Waals surface area contributed by atoms with Gasteiger partial charge in [-0.2, -0.15) is 5.10 Å². The van der Waals surface area contributed by atoms with Crippen LogP contribution >= 0.6 is 11.6 Å². The fourth-order valence-electron chi connectivity index (χ4n) is 2.46. The van der Waals surface area contributed by atoms with Crippen LogP contribution in [0.2, 0.25) is 5.02 Å². The summed E-state index contributed by atoms with van der Waals surface area (Å²) in [5.74, 6) is 0.534. The third-order valence-corrected chi connectivity index (χ3v) is 4.25. The molecule has 9 heteroatoms. The lowest BCUT2D eigenvalue weighted by atomic mass is 10.2. The smallest absolute Gasteiger partial charge is 0.277 e. The van der Waals surface area contributed by atoms with Crippen molar-refractivity contribution in [3.05, 3.63) is 99.1 Å². The van der Waals surface area contributed by atoms with E-state index < -0.39 is 10.8 Å². The van der Waals surface area contributed by atoms with Crippen LogP contribution in [0.5, 0.6) is 11.5 Å². The van der Waals surface area contributed by atoms with Gasteiger partial charge in [0.2, 0.25) is 0 Å². The maximum Gasteiger partial charge on any atom is 0.277 e. The molecule has 3 aromatic rings. The third kappa shape index (κ3) is 7.13. The lowest BCUT2D eigenvalue weighted by Gasteiger charge is -2.07. The molecule has 0 aliphatic heterocycles. The summed E-state index contributed by atoms with van der Waals surface area (Å²) < 4.78 is 11.0. The molecule has 1 amide bonds. The van der Waals surface area contributed by atoms with Gasteiger partial charge < -0.3 is 9.47 Å². The lowest BCUT2D eigenvalue weighted by molar-refractivity contribution is -0.384. The largest absolute Gasteiger partial charge is 0.489 e. The monoisotopic (exact) mass is 439 g/mol. The molecule has 8 nitrogen and oxygen atoms in total. The van der Waals surface area contributed by atoms with E-state index in [4.69, 9.17) is 21.1 Å². The van der Waals surface area contributed by atoms with Gasteiger partial charge in [-0.05, 0) is 47.5 Å². The molecule has 0 aliphatic rings. The number of halogens is 1. The van der Waals surface area contributed by atoms with Crippen molar-refractivity contribution in [1.82, 2.24) is 5.43 Å². The number of non-ortho nitro benzene ring substituents is 1. The molecule has 0 unspecified atom stereocenters. The summed E-state index contributed by atoms with van der Waals surface area (Å²) >= 11 is 5.87. The van der Waals surface area contributed by atoms with Crippen molar-refractivity contribution in [3.63, 3.8) is 0 Å². The van der Waals surface area contributed by atoms with Crippen molar-refractivity contribution in [1.29, 1.82) is 0 Å². The second-order valence-corrected chi connectivity index (χ2v) is 6.76. The molecule has 31 heavy (non-hydrogen) atoms. The van der Waals surface area contributed by atoms with E-state index in [0.717, 1.165) is 11.1 Å². The van der Waals surface area contributed by atoms with Gasteiger partial charge in [0.15, 0.2) is 6.61 Å². The zero-order valence-corrected chi connectivity index (χ0v) is 17.0. The van der Waals surface area contributed by atoms with Crippen LogP contribution < -0.4 is 14.9 Å². The van der Waals surface area contributed by atoms with Gasteiger partial charge in [-0.3, -0.25) is 14.9 Å². The highest BCUT2D eigenvalue weighted by Gasteiger charge is 2.06. The number of carbonyl (C=O) groups excluding carboxylic acids is 1. The Labute approximate surface area is 183 Å².